The van der Waals surface area contributed by atoms with Crippen LogP contribution >= 0.6 is 0 Å². The molecule has 1 heterocycles. The third kappa shape index (κ3) is 4.49. The van der Waals surface area contributed by atoms with Crippen LogP contribution in [0.2, 0.25) is 0 Å². The van der Waals surface area contributed by atoms with Crippen molar-refractivity contribution in [2.24, 2.45) is 11.8 Å². The van der Waals surface area contributed by atoms with Gasteiger partial charge in [0.25, 0.3) is 0 Å². The van der Waals surface area contributed by atoms with E-state index in [-0.39, 0.29) is 0 Å². The second-order valence-electron chi connectivity index (χ2n) is 5.13. The van der Waals surface area contributed by atoms with Crippen LogP contribution in [0.3, 0.4) is 0 Å². The van der Waals surface area contributed by atoms with E-state index < -0.39 is 0 Å². The Morgan fingerprint density at radius 2 is 2.13 bits per heavy atom. The van der Waals surface area contributed by atoms with Crippen LogP contribution in [0, 0.1) is 11.8 Å². The maximum Gasteiger partial charge on any atom is 0.0510 e. The third-order valence-electron chi connectivity index (χ3n) is 3.09. The lowest BCUT2D eigenvalue weighted by atomic mass is 9.98. The molecule has 0 amide bonds. The topological polar surface area (TPSA) is 24.5 Å². The molecule has 1 saturated heterocycles. The summed E-state index contributed by atoms with van der Waals surface area (Å²) in [4.78, 5) is 2.42. The Morgan fingerprint density at radius 1 is 1.40 bits per heavy atom. The van der Waals surface area contributed by atoms with Gasteiger partial charge >= 0.3 is 0 Å². The predicted molar refractivity (Wildman–Crippen MR) is 64.1 cm³/mol. The van der Waals surface area contributed by atoms with Crippen molar-refractivity contribution in [3.05, 3.63) is 0 Å². The van der Waals surface area contributed by atoms with Gasteiger partial charge in [0, 0.05) is 31.7 Å². The van der Waals surface area contributed by atoms with Crippen molar-refractivity contribution in [1.29, 1.82) is 0 Å². The minimum atomic E-state index is 0.580. The average molecular weight is 214 g/mol. The highest BCUT2D eigenvalue weighted by Gasteiger charge is 2.25. The second-order valence-corrected chi connectivity index (χ2v) is 5.13. The first-order valence-electron chi connectivity index (χ1n) is 6.07. The van der Waals surface area contributed by atoms with E-state index >= 15 is 0 Å². The van der Waals surface area contributed by atoms with Crippen molar-refractivity contribution in [1.82, 2.24) is 10.2 Å². The largest absolute Gasteiger partial charge is 0.381 e. The molecule has 0 aromatic heterocycles. The summed E-state index contributed by atoms with van der Waals surface area (Å²) in [5.41, 5.74) is 0. The van der Waals surface area contributed by atoms with Gasteiger partial charge in [0.2, 0.25) is 0 Å². The fourth-order valence-electron chi connectivity index (χ4n) is 2.38. The number of hydrogen-bond donors (Lipinski definition) is 1. The molecule has 1 fully saturated rings. The smallest absolute Gasteiger partial charge is 0.0510 e. The summed E-state index contributed by atoms with van der Waals surface area (Å²) in [5.74, 6) is 1.44. The van der Waals surface area contributed by atoms with Gasteiger partial charge in [-0.2, -0.15) is 0 Å². The zero-order chi connectivity index (χ0) is 11.3. The van der Waals surface area contributed by atoms with Crippen molar-refractivity contribution in [2.75, 3.05) is 40.4 Å². The van der Waals surface area contributed by atoms with Gasteiger partial charge in [-0.15, -0.1) is 0 Å². The molecule has 0 spiro atoms. The zero-order valence-corrected chi connectivity index (χ0v) is 10.6. The Bertz CT molecular complexity index is 167. The molecule has 1 N–H and O–H groups in total. The van der Waals surface area contributed by atoms with Crippen LogP contribution in [0.5, 0.6) is 0 Å². The predicted octanol–water partition coefficient (Wildman–Crippen LogP) is 1.20. The molecule has 2 unspecified atom stereocenters. The summed E-state index contributed by atoms with van der Waals surface area (Å²) >= 11 is 0. The van der Waals surface area contributed by atoms with E-state index in [1.807, 2.05) is 0 Å². The fraction of sp³-hybridized carbons (Fsp3) is 1.00. The Labute approximate surface area is 94.2 Å². The van der Waals surface area contributed by atoms with Gasteiger partial charge in [0.15, 0.2) is 0 Å². The normalized spacial score (nSPS) is 24.0. The fourth-order valence-corrected chi connectivity index (χ4v) is 2.38. The van der Waals surface area contributed by atoms with Crippen LogP contribution in [-0.4, -0.2) is 51.3 Å². The van der Waals surface area contributed by atoms with Gasteiger partial charge in [-0.25, -0.2) is 0 Å². The molecule has 2 atom stereocenters. The van der Waals surface area contributed by atoms with E-state index in [0.717, 1.165) is 25.7 Å². The quantitative estimate of drug-likeness (QED) is 0.719. The molecule has 0 saturated carbocycles. The van der Waals surface area contributed by atoms with E-state index in [1.165, 1.54) is 13.0 Å². The van der Waals surface area contributed by atoms with Gasteiger partial charge in [-0.1, -0.05) is 13.8 Å². The van der Waals surface area contributed by atoms with Gasteiger partial charge in [0.05, 0.1) is 6.61 Å². The molecule has 0 aromatic rings. The highest BCUT2D eigenvalue weighted by molar-refractivity contribution is 4.80. The third-order valence-corrected chi connectivity index (χ3v) is 3.09. The molecule has 1 aliphatic heterocycles. The van der Waals surface area contributed by atoms with Crippen LogP contribution in [0.1, 0.15) is 20.3 Å². The molecule has 0 radical (unpaired) electrons. The van der Waals surface area contributed by atoms with Crippen LogP contribution in [0.15, 0.2) is 0 Å². The van der Waals surface area contributed by atoms with E-state index in [4.69, 9.17) is 4.74 Å². The highest BCUT2D eigenvalue weighted by atomic mass is 16.5. The second kappa shape index (κ2) is 6.46. The molecule has 1 aliphatic rings. The molecule has 0 aromatic carbocycles. The molecule has 3 heteroatoms. The minimum absolute atomic E-state index is 0.580. The summed E-state index contributed by atoms with van der Waals surface area (Å²) in [7, 11) is 4.27. The van der Waals surface area contributed by atoms with Crippen LogP contribution < -0.4 is 5.32 Å². The highest BCUT2D eigenvalue weighted by Crippen LogP contribution is 2.17. The average Bonchev–Trinajstić information content (AvgIpc) is 2.65. The zero-order valence-electron chi connectivity index (χ0n) is 10.6. The number of hydrogen-bond acceptors (Lipinski definition) is 3. The Balaban J connectivity index is 2.31. The van der Waals surface area contributed by atoms with Gasteiger partial charge in [-0.3, -0.25) is 0 Å². The van der Waals surface area contributed by atoms with Crippen molar-refractivity contribution in [3.63, 3.8) is 0 Å². The van der Waals surface area contributed by atoms with E-state index in [0.29, 0.717) is 12.0 Å². The maximum atomic E-state index is 5.44. The Hall–Kier alpha value is -0.120. The molecular formula is C12H26N2O. The molecule has 0 aliphatic carbocycles. The molecule has 90 valence electrons. The van der Waals surface area contributed by atoms with Crippen molar-refractivity contribution >= 4 is 0 Å². The lowest BCUT2D eigenvalue weighted by Crippen LogP contribution is -2.44. The van der Waals surface area contributed by atoms with Crippen LogP contribution in [-0.2, 0) is 4.74 Å². The molecule has 3 nitrogen and oxygen atoms in total. The lowest BCUT2D eigenvalue weighted by molar-refractivity contribution is 0.166. The summed E-state index contributed by atoms with van der Waals surface area (Å²) in [6, 6.07) is 0.580. The van der Waals surface area contributed by atoms with E-state index in [9.17, 15) is 0 Å². The molecule has 15 heavy (non-hydrogen) atoms. The van der Waals surface area contributed by atoms with Gasteiger partial charge in [-0.05, 0) is 26.4 Å². The van der Waals surface area contributed by atoms with E-state index in [1.54, 1.807) is 0 Å². The van der Waals surface area contributed by atoms with Crippen molar-refractivity contribution < 1.29 is 4.74 Å². The first-order chi connectivity index (χ1) is 7.13. The number of ether oxygens (including phenoxy) is 1. The number of likely N-dealkylation sites (N-methyl/N-ethyl adjacent to an activating group) is 2. The number of rotatable bonds is 6. The van der Waals surface area contributed by atoms with E-state index in [2.05, 4.69) is 38.2 Å². The monoisotopic (exact) mass is 214 g/mol. The van der Waals surface area contributed by atoms with Crippen LogP contribution in [0.4, 0.5) is 0 Å². The summed E-state index contributed by atoms with van der Waals surface area (Å²) in [6.45, 7) is 8.71. The first kappa shape index (κ1) is 12.9. The Kier molecular flexibility index (Phi) is 5.58. The van der Waals surface area contributed by atoms with Gasteiger partial charge < -0.3 is 15.0 Å². The summed E-state index contributed by atoms with van der Waals surface area (Å²) < 4.78 is 5.44. The maximum absolute atomic E-state index is 5.44. The number of nitrogens with zero attached hydrogens (tertiary/aromatic N) is 1. The molecule has 0 bridgehead atoms. The molecular weight excluding hydrogens is 188 g/mol. The number of nitrogens with one attached hydrogen (secondary N) is 1. The lowest BCUT2D eigenvalue weighted by Gasteiger charge is -2.28. The van der Waals surface area contributed by atoms with Gasteiger partial charge in [0.1, 0.15) is 0 Å². The molecule has 1 rings (SSSR count). The SMILES string of the molecule is CNC(CN(C)CC(C)C)C1CCOC1. The van der Waals surface area contributed by atoms with Crippen molar-refractivity contribution in [3.8, 4) is 0 Å². The summed E-state index contributed by atoms with van der Waals surface area (Å²) in [6.07, 6.45) is 1.21. The van der Waals surface area contributed by atoms with Crippen LogP contribution in [0.25, 0.3) is 0 Å². The Morgan fingerprint density at radius 3 is 2.60 bits per heavy atom. The standard InChI is InChI=1S/C12H26N2O/c1-10(2)7-14(4)8-12(13-3)11-5-6-15-9-11/h10-13H,5-9H2,1-4H3. The minimum Gasteiger partial charge on any atom is -0.381 e. The van der Waals surface area contributed by atoms with Crippen molar-refractivity contribution in [2.45, 2.75) is 26.3 Å². The first-order valence-corrected chi connectivity index (χ1v) is 6.07. The summed E-state index contributed by atoms with van der Waals surface area (Å²) in [5, 5.41) is 3.43.